The fraction of sp³-hybridized carbons (Fsp3) is 0.615. The second kappa shape index (κ2) is 4.69. The Balaban J connectivity index is 2.00. The molecule has 0 radical (unpaired) electrons. The second-order valence-corrected chi connectivity index (χ2v) is 6.35. The predicted molar refractivity (Wildman–Crippen MR) is 69.4 cm³/mol. The summed E-state index contributed by atoms with van der Waals surface area (Å²) in [6, 6.07) is 2.29. The molecular formula is C13H19NO2S. The molecule has 17 heavy (non-hydrogen) atoms. The van der Waals surface area contributed by atoms with Crippen LogP contribution in [0, 0.1) is 0 Å². The molecule has 1 aromatic heterocycles. The summed E-state index contributed by atoms with van der Waals surface area (Å²) < 4.78 is 5.29. The highest BCUT2D eigenvalue weighted by Gasteiger charge is 2.25. The lowest BCUT2D eigenvalue weighted by Crippen LogP contribution is -2.35. The fourth-order valence-corrected chi connectivity index (χ4v) is 3.12. The standard InChI is InChI=1S/C13H19NO2S/c1-13(2,3)16-12(15)14-10-6-4-5-9-7-8-17-11(9)10/h7-8,10H,4-6H2,1-3H3,(H,14,15). The zero-order chi connectivity index (χ0) is 12.5. The molecule has 0 fully saturated rings. The molecule has 3 nitrogen and oxygen atoms in total. The maximum Gasteiger partial charge on any atom is 0.408 e. The first kappa shape index (κ1) is 12.4. The number of alkyl carbamates (subject to hydrolysis) is 1. The topological polar surface area (TPSA) is 38.3 Å². The first-order valence-electron chi connectivity index (χ1n) is 6.01. The van der Waals surface area contributed by atoms with Crippen LogP contribution in [-0.4, -0.2) is 11.7 Å². The summed E-state index contributed by atoms with van der Waals surface area (Å²) >= 11 is 1.72. The Bertz CT molecular complexity index is 406. The van der Waals surface area contributed by atoms with Gasteiger partial charge >= 0.3 is 6.09 Å². The molecule has 0 saturated heterocycles. The number of carbonyl (C=O) groups excluding carboxylic acids is 1. The van der Waals surface area contributed by atoms with Crippen molar-refractivity contribution in [2.45, 2.75) is 51.7 Å². The van der Waals surface area contributed by atoms with Gasteiger partial charge in [0.1, 0.15) is 5.60 Å². The van der Waals surface area contributed by atoms with E-state index in [-0.39, 0.29) is 12.1 Å². The summed E-state index contributed by atoms with van der Waals surface area (Å²) in [5, 5.41) is 5.06. The SMILES string of the molecule is CC(C)(C)OC(=O)NC1CCCc2ccsc21. The minimum Gasteiger partial charge on any atom is -0.444 e. The normalized spacial score (nSPS) is 19.6. The van der Waals surface area contributed by atoms with Crippen LogP contribution in [0.5, 0.6) is 0 Å². The number of rotatable bonds is 1. The quantitative estimate of drug-likeness (QED) is 0.829. The average molecular weight is 253 g/mol. The summed E-state index contributed by atoms with van der Waals surface area (Å²) in [5.74, 6) is 0. The summed E-state index contributed by atoms with van der Waals surface area (Å²) in [5.41, 5.74) is 0.944. The van der Waals surface area contributed by atoms with E-state index in [4.69, 9.17) is 4.74 Å². The lowest BCUT2D eigenvalue weighted by atomic mass is 9.95. The monoisotopic (exact) mass is 253 g/mol. The van der Waals surface area contributed by atoms with Crippen LogP contribution >= 0.6 is 11.3 Å². The molecule has 0 aromatic carbocycles. The Labute approximate surface area is 106 Å². The van der Waals surface area contributed by atoms with Crippen LogP contribution < -0.4 is 5.32 Å². The van der Waals surface area contributed by atoms with Crippen LogP contribution in [0.15, 0.2) is 11.4 Å². The molecular weight excluding hydrogens is 234 g/mol. The first-order valence-corrected chi connectivity index (χ1v) is 6.89. The van der Waals surface area contributed by atoms with Crippen molar-refractivity contribution in [3.05, 3.63) is 21.9 Å². The lowest BCUT2D eigenvalue weighted by Gasteiger charge is -2.26. The zero-order valence-corrected chi connectivity index (χ0v) is 11.4. The number of nitrogens with one attached hydrogen (secondary N) is 1. The van der Waals surface area contributed by atoms with Gasteiger partial charge in [0, 0.05) is 4.88 Å². The van der Waals surface area contributed by atoms with E-state index in [0.29, 0.717) is 0 Å². The van der Waals surface area contributed by atoms with Gasteiger partial charge in [-0.3, -0.25) is 0 Å². The molecule has 0 aliphatic heterocycles. The number of carbonyl (C=O) groups is 1. The van der Waals surface area contributed by atoms with Crippen molar-refractivity contribution in [2.24, 2.45) is 0 Å². The molecule has 94 valence electrons. The van der Waals surface area contributed by atoms with Crippen LogP contribution in [0.25, 0.3) is 0 Å². The van der Waals surface area contributed by atoms with Crippen molar-refractivity contribution >= 4 is 17.4 Å². The van der Waals surface area contributed by atoms with Crippen LogP contribution in [0.4, 0.5) is 4.79 Å². The first-order chi connectivity index (χ1) is 7.96. The second-order valence-electron chi connectivity index (χ2n) is 5.40. The molecule has 0 spiro atoms. The number of fused-ring (bicyclic) bond motifs is 1. The van der Waals surface area contributed by atoms with Crippen molar-refractivity contribution in [3.63, 3.8) is 0 Å². The Morgan fingerprint density at radius 1 is 1.53 bits per heavy atom. The van der Waals surface area contributed by atoms with E-state index >= 15 is 0 Å². The van der Waals surface area contributed by atoms with Crippen LogP contribution in [0.2, 0.25) is 0 Å². The van der Waals surface area contributed by atoms with Crippen molar-refractivity contribution in [3.8, 4) is 0 Å². The lowest BCUT2D eigenvalue weighted by molar-refractivity contribution is 0.0500. The number of thiophene rings is 1. The third kappa shape index (κ3) is 3.22. The molecule has 1 unspecified atom stereocenters. The number of hydrogen-bond acceptors (Lipinski definition) is 3. The van der Waals surface area contributed by atoms with Gasteiger partial charge in [-0.05, 0) is 57.0 Å². The highest BCUT2D eigenvalue weighted by molar-refractivity contribution is 7.10. The smallest absolute Gasteiger partial charge is 0.408 e. The zero-order valence-electron chi connectivity index (χ0n) is 10.6. The molecule has 0 bridgehead atoms. The summed E-state index contributed by atoms with van der Waals surface area (Å²) in [7, 11) is 0. The van der Waals surface area contributed by atoms with Gasteiger partial charge in [-0.25, -0.2) is 4.79 Å². The summed E-state index contributed by atoms with van der Waals surface area (Å²) in [6.45, 7) is 5.64. The molecule has 0 saturated carbocycles. The molecule has 1 aliphatic rings. The third-order valence-electron chi connectivity index (χ3n) is 2.73. The third-order valence-corrected chi connectivity index (χ3v) is 3.80. The fourth-order valence-electron chi connectivity index (χ4n) is 2.07. The van der Waals surface area contributed by atoms with Gasteiger partial charge in [0.2, 0.25) is 0 Å². The number of aryl methyl sites for hydroxylation is 1. The Kier molecular flexibility index (Phi) is 3.43. The van der Waals surface area contributed by atoms with Gasteiger partial charge in [0.05, 0.1) is 6.04 Å². The number of amides is 1. The van der Waals surface area contributed by atoms with Gasteiger partial charge in [-0.2, -0.15) is 0 Å². The van der Waals surface area contributed by atoms with Gasteiger partial charge in [-0.15, -0.1) is 11.3 Å². The molecule has 1 atom stereocenters. The van der Waals surface area contributed by atoms with Crippen LogP contribution in [-0.2, 0) is 11.2 Å². The van der Waals surface area contributed by atoms with Gasteiger partial charge < -0.3 is 10.1 Å². The summed E-state index contributed by atoms with van der Waals surface area (Å²) in [6.07, 6.45) is 2.95. The minimum atomic E-state index is -0.434. The molecule has 2 rings (SSSR count). The van der Waals surface area contributed by atoms with Crippen LogP contribution in [0.1, 0.15) is 50.1 Å². The van der Waals surface area contributed by atoms with Gasteiger partial charge in [0.25, 0.3) is 0 Å². The predicted octanol–water partition coefficient (Wildman–Crippen LogP) is 3.65. The molecule has 1 aliphatic carbocycles. The highest BCUT2D eigenvalue weighted by atomic mass is 32.1. The minimum absolute atomic E-state index is 0.133. The van der Waals surface area contributed by atoms with Gasteiger partial charge in [-0.1, -0.05) is 0 Å². The number of ether oxygens (including phenoxy) is 1. The highest BCUT2D eigenvalue weighted by Crippen LogP contribution is 2.33. The van der Waals surface area contributed by atoms with E-state index < -0.39 is 5.60 Å². The van der Waals surface area contributed by atoms with Crippen molar-refractivity contribution in [1.82, 2.24) is 5.32 Å². The van der Waals surface area contributed by atoms with E-state index in [1.54, 1.807) is 11.3 Å². The molecule has 1 aromatic rings. The van der Waals surface area contributed by atoms with E-state index in [2.05, 4.69) is 16.8 Å². The average Bonchev–Trinajstić information content (AvgIpc) is 2.63. The Morgan fingerprint density at radius 3 is 3.00 bits per heavy atom. The molecule has 1 amide bonds. The van der Waals surface area contributed by atoms with Gasteiger partial charge in [0.15, 0.2) is 0 Å². The maximum absolute atomic E-state index is 11.7. The van der Waals surface area contributed by atoms with E-state index in [1.807, 2.05) is 20.8 Å². The van der Waals surface area contributed by atoms with Crippen LogP contribution in [0.3, 0.4) is 0 Å². The van der Waals surface area contributed by atoms with Crippen molar-refractivity contribution in [1.29, 1.82) is 0 Å². The summed E-state index contributed by atoms with van der Waals surface area (Å²) in [4.78, 5) is 13.0. The molecule has 4 heteroatoms. The van der Waals surface area contributed by atoms with E-state index in [1.165, 1.54) is 10.4 Å². The molecule has 1 N–H and O–H groups in total. The molecule has 1 heterocycles. The van der Waals surface area contributed by atoms with Crippen molar-refractivity contribution in [2.75, 3.05) is 0 Å². The Morgan fingerprint density at radius 2 is 2.29 bits per heavy atom. The van der Waals surface area contributed by atoms with Crippen molar-refractivity contribution < 1.29 is 9.53 Å². The number of hydrogen-bond donors (Lipinski definition) is 1. The maximum atomic E-state index is 11.7. The van der Waals surface area contributed by atoms with E-state index in [9.17, 15) is 4.79 Å². The van der Waals surface area contributed by atoms with E-state index in [0.717, 1.165) is 19.3 Å². The largest absolute Gasteiger partial charge is 0.444 e. The Hall–Kier alpha value is -1.03.